The molecule has 200 valence electrons. The number of benzene rings is 2. The van der Waals surface area contributed by atoms with Crippen molar-refractivity contribution in [1.29, 1.82) is 0 Å². The van der Waals surface area contributed by atoms with Crippen molar-refractivity contribution in [2.45, 2.75) is 30.8 Å². The number of amides is 1. The Kier molecular flexibility index (Phi) is 7.92. The Morgan fingerprint density at radius 1 is 1.14 bits per heavy atom. The average molecular weight is 527 g/mol. The van der Waals surface area contributed by atoms with Crippen molar-refractivity contribution >= 4 is 17.6 Å². The second-order valence-electron chi connectivity index (χ2n) is 8.72. The molecule has 0 radical (unpaired) electrons. The van der Waals surface area contributed by atoms with Crippen molar-refractivity contribution in [2.75, 3.05) is 26.0 Å². The second-order valence-corrected chi connectivity index (χ2v) is 8.72. The zero-order valence-corrected chi connectivity index (χ0v) is 19.9. The lowest BCUT2D eigenvalue weighted by Gasteiger charge is -2.21. The largest absolute Gasteiger partial charge is 0.494 e. The van der Waals surface area contributed by atoms with Crippen LogP contribution in [0.15, 0.2) is 47.5 Å². The van der Waals surface area contributed by atoms with Crippen LogP contribution in [0.5, 0.6) is 5.75 Å². The lowest BCUT2D eigenvalue weighted by atomic mass is 10.0. The topological polar surface area (TPSA) is 102 Å². The predicted molar refractivity (Wildman–Crippen MR) is 125 cm³/mol. The molecule has 2 aromatic rings. The van der Waals surface area contributed by atoms with Crippen LogP contribution in [0.3, 0.4) is 0 Å². The monoisotopic (exact) mass is 527 g/mol. The van der Waals surface area contributed by atoms with Crippen molar-refractivity contribution in [1.82, 2.24) is 26.6 Å². The Hall–Kier alpha value is -3.33. The number of guanidine groups is 1. The van der Waals surface area contributed by atoms with Crippen molar-refractivity contribution in [3.63, 3.8) is 0 Å². The Morgan fingerprint density at radius 2 is 1.86 bits per heavy atom. The molecular formula is C23H26F5N7O2. The van der Waals surface area contributed by atoms with Crippen LogP contribution in [0.1, 0.15) is 18.0 Å². The number of nitrogens with one attached hydrogen (secondary N) is 5. The average Bonchev–Trinajstić information content (AvgIpc) is 3.47. The normalized spacial score (nSPS) is 24.8. The zero-order valence-electron chi connectivity index (χ0n) is 19.9. The summed E-state index contributed by atoms with van der Waals surface area (Å²) in [5.74, 6) is -3.39. The Bertz CT molecular complexity index is 1150. The number of hydrogen-bond donors (Lipinski definition) is 5. The molecule has 2 aromatic carbocycles. The molecule has 4 rings (SSSR count). The number of anilines is 1. The first-order chi connectivity index (χ1) is 17.5. The standard InChI is InChI=1S/C23H26F5N7O2/c1-35-11-15(20(34-35)23(26,27)28)21(36)31-22(29-14-6-4-13(24)5-7-14)30-19-10-17(32-33-19)12-3-8-18(37-2)16(25)9-12/h3-9,15,17,19-20,32-34H,10-11H2,1-2H3,(H2,29,30,31,36). The minimum absolute atomic E-state index is 0.0991. The van der Waals surface area contributed by atoms with Gasteiger partial charge in [0.1, 0.15) is 18.0 Å². The molecule has 0 bridgehead atoms. The fourth-order valence-corrected chi connectivity index (χ4v) is 4.19. The minimum atomic E-state index is -4.65. The van der Waals surface area contributed by atoms with Gasteiger partial charge in [-0.2, -0.15) is 13.2 Å². The van der Waals surface area contributed by atoms with Crippen LogP contribution < -0.4 is 31.6 Å². The number of hydrogen-bond acceptors (Lipinski definition) is 7. The van der Waals surface area contributed by atoms with Crippen LogP contribution in [-0.4, -0.2) is 56.0 Å². The summed E-state index contributed by atoms with van der Waals surface area (Å²) in [5, 5.41) is 6.47. The van der Waals surface area contributed by atoms with E-state index in [1.165, 1.54) is 55.6 Å². The Balaban J connectivity index is 1.52. The quantitative estimate of drug-likeness (QED) is 0.231. The van der Waals surface area contributed by atoms with E-state index in [2.05, 4.69) is 31.9 Å². The van der Waals surface area contributed by atoms with Crippen LogP contribution in [0.4, 0.5) is 27.6 Å². The summed E-state index contributed by atoms with van der Waals surface area (Å²) < 4.78 is 72.8. The van der Waals surface area contributed by atoms with Gasteiger partial charge in [-0.25, -0.2) is 35.1 Å². The van der Waals surface area contributed by atoms with Crippen molar-refractivity contribution in [2.24, 2.45) is 10.9 Å². The molecule has 0 saturated carbocycles. The molecule has 0 spiro atoms. The maximum absolute atomic E-state index is 14.1. The summed E-state index contributed by atoms with van der Waals surface area (Å²) in [6, 6.07) is 7.24. The Morgan fingerprint density at radius 3 is 2.51 bits per heavy atom. The molecule has 0 aromatic heterocycles. The van der Waals surface area contributed by atoms with Gasteiger partial charge in [0, 0.05) is 31.7 Å². The van der Waals surface area contributed by atoms with Gasteiger partial charge in [0.15, 0.2) is 11.6 Å². The van der Waals surface area contributed by atoms with Gasteiger partial charge in [-0.15, -0.1) is 0 Å². The number of carbonyl (C=O) groups excluding carboxylic acids is 1. The first kappa shape index (κ1) is 26.7. The van der Waals surface area contributed by atoms with E-state index in [-0.39, 0.29) is 24.3 Å². The fraction of sp³-hybridized carbons (Fsp3) is 0.391. The Labute approximate surface area is 209 Å². The molecule has 4 atom stereocenters. The molecular weight excluding hydrogens is 501 g/mol. The molecule has 4 unspecified atom stereocenters. The van der Waals surface area contributed by atoms with E-state index in [0.29, 0.717) is 17.7 Å². The first-order valence-electron chi connectivity index (χ1n) is 11.3. The molecule has 9 nitrogen and oxygen atoms in total. The van der Waals surface area contributed by atoms with Crippen LogP contribution in [0.25, 0.3) is 0 Å². The van der Waals surface area contributed by atoms with Gasteiger partial charge in [-0.3, -0.25) is 10.1 Å². The lowest BCUT2D eigenvalue weighted by Crippen LogP contribution is -2.50. The van der Waals surface area contributed by atoms with Gasteiger partial charge < -0.3 is 10.1 Å². The van der Waals surface area contributed by atoms with E-state index in [1.807, 2.05) is 0 Å². The first-order valence-corrected chi connectivity index (χ1v) is 11.3. The highest BCUT2D eigenvalue weighted by atomic mass is 19.4. The van der Waals surface area contributed by atoms with Gasteiger partial charge in [0.2, 0.25) is 11.9 Å². The van der Waals surface area contributed by atoms with Crippen LogP contribution >= 0.6 is 0 Å². The molecule has 5 N–H and O–H groups in total. The van der Waals surface area contributed by atoms with E-state index in [4.69, 9.17) is 4.74 Å². The molecule has 1 amide bonds. The summed E-state index contributed by atoms with van der Waals surface area (Å²) in [4.78, 5) is 17.3. The summed E-state index contributed by atoms with van der Waals surface area (Å²) in [7, 11) is 2.77. The maximum Gasteiger partial charge on any atom is 0.405 e. The number of carbonyl (C=O) groups is 1. The lowest BCUT2D eigenvalue weighted by molar-refractivity contribution is -0.168. The number of ether oxygens (including phenoxy) is 1. The smallest absolute Gasteiger partial charge is 0.405 e. The maximum atomic E-state index is 14.1. The van der Waals surface area contributed by atoms with E-state index in [1.54, 1.807) is 6.07 Å². The summed E-state index contributed by atoms with van der Waals surface area (Å²) in [5.41, 5.74) is 9.13. The number of aliphatic imine (C=N–C) groups is 1. The van der Waals surface area contributed by atoms with Crippen molar-refractivity contribution < 1.29 is 31.5 Å². The number of methoxy groups -OCH3 is 1. The third-order valence-electron chi connectivity index (χ3n) is 6.02. The second kappa shape index (κ2) is 11.0. The van der Waals surface area contributed by atoms with Crippen LogP contribution in [-0.2, 0) is 4.79 Å². The van der Waals surface area contributed by atoms with E-state index in [0.717, 1.165) is 0 Å². The molecule has 2 heterocycles. The molecule has 2 aliphatic rings. The highest BCUT2D eigenvalue weighted by Crippen LogP contribution is 2.30. The number of halogens is 5. The van der Waals surface area contributed by atoms with E-state index < -0.39 is 41.8 Å². The number of hydrazine groups is 2. The summed E-state index contributed by atoms with van der Waals surface area (Å²) >= 11 is 0. The predicted octanol–water partition coefficient (Wildman–Crippen LogP) is 2.42. The molecule has 14 heteroatoms. The van der Waals surface area contributed by atoms with Crippen molar-refractivity contribution in [3.8, 4) is 5.75 Å². The third-order valence-corrected chi connectivity index (χ3v) is 6.02. The highest BCUT2D eigenvalue weighted by Gasteiger charge is 2.52. The highest BCUT2D eigenvalue weighted by molar-refractivity contribution is 6.05. The molecule has 37 heavy (non-hydrogen) atoms. The molecule has 2 fully saturated rings. The van der Waals surface area contributed by atoms with Gasteiger partial charge in [0.25, 0.3) is 0 Å². The van der Waals surface area contributed by atoms with E-state index in [9.17, 15) is 26.7 Å². The third kappa shape index (κ3) is 6.52. The van der Waals surface area contributed by atoms with Crippen molar-refractivity contribution in [3.05, 3.63) is 59.7 Å². The van der Waals surface area contributed by atoms with Gasteiger partial charge >= 0.3 is 6.18 Å². The fourth-order valence-electron chi connectivity index (χ4n) is 4.19. The van der Waals surface area contributed by atoms with Crippen LogP contribution in [0, 0.1) is 17.6 Å². The minimum Gasteiger partial charge on any atom is -0.494 e. The molecule has 2 aliphatic heterocycles. The van der Waals surface area contributed by atoms with E-state index >= 15 is 0 Å². The molecule has 2 saturated heterocycles. The van der Waals surface area contributed by atoms with Gasteiger partial charge in [-0.1, -0.05) is 6.07 Å². The number of rotatable bonds is 5. The molecule has 0 aliphatic carbocycles. The summed E-state index contributed by atoms with van der Waals surface area (Å²) in [6.07, 6.45) is -4.96. The van der Waals surface area contributed by atoms with Gasteiger partial charge in [-0.05, 0) is 42.0 Å². The summed E-state index contributed by atoms with van der Waals surface area (Å²) in [6.45, 7) is -0.172. The van der Waals surface area contributed by atoms with Crippen LogP contribution in [0.2, 0.25) is 0 Å². The number of nitrogens with zero attached hydrogens (tertiary/aromatic N) is 2. The number of alkyl halides is 3. The van der Waals surface area contributed by atoms with Gasteiger partial charge in [0.05, 0.1) is 13.0 Å². The SMILES string of the molecule is COc1ccc(C2CC(/N=C(/NC(=O)C3CN(C)NC3C(F)(F)F)Nc3ccc(F)cc3)NN2)cc1F. The zero-order chi connectivity index (χ0) is 26.7.